The van der Waals surface area contributed by atoms with Crippen LogP contribution in [0.3, 0.4) is 0 Å². The zero-order chi connectivity index (χ0) is 17.1. The summed E-state index contributed by atoms with van der Waals surface area (Å²) in [6.45, 7) is 3.81. The minimum absolute atomic E-state index is 0.0654. The summed E-state index contributed by atoms with van der Waals surface area (Å²) in [5, 5.41) is 4.16. The number of piperazine rings is 1. The van der Waals surface area contributed by atoms with Crippen LogP contribution < -0.4 is 0 Å². The van der Waals surface area contributed by atoms with E-state index in [-0.39, 0.29) is 5.91 Å². The SMILES string of the molecule is O=C(c1ccc[nH]1)N1CCN(Cc2cc(-c3ccccc3)no2)CC1. The molecule has 25 heavy (non-hydrogen) atoms. The predicted molar refractivity (Wildman–Crippen MR) is 93.9 cm³/mol. The van der Waals surface area contributed by atoms with Gasteiger partial charge < -0.3 is 14.4 Å². The lowest BCUT2D eigenvalue weighted by molar-refractivity contribution is 0.0612. The summed E-state index contributed by atoms with van der Waals surface area (Å²) in [4.78, 5) is 19.5. The summed E-state index contributed by atoms with van der Waals surface area (Å²) >= 11 is 0. The van der Waals surface area contributed by atoms with Crippen LogP contribution in [0.25, 0.3) is 11.3 Å². The quantitative estimate of drug-likeness (QED) is 0.795. The van der Waals surface area contributed by atoms with Crippen molar-refractivity contribution in [1.82, 2.24) is 19.9 Å². The number of aromatic amines is 1. The van der Waals surface area contributed by atoms with Crippen molar-refractivity contribution in [3.63, 3.8) is 0 Å². The fraction of sp³-hybridized carbons (Fsp3) is 0.263. The van der Waals surface area contributed by atoms with Crippen molar-refractivity contribution in [2.75, 3.05) is 26.2 Å². The van der Waals surface area contributed by atoms with Crippen LogP contribution in [0.4, 0.5) is 0 Å². The normalized spacial score (nSPS) is 15.4. The minimum atomic E-state index is 0.0654. The Bertz CT molecular complexity index is 818. The molecule has 0 aliphatic carbocycles. The number of amides is 1. The van der Waals surface area contributed by atoms with Crippen LogP contribution in [0.15, 0.2) is 59.3 Å². The largest absolute Gasteiger partial charge is 0.359 e. The van der Waals surface area contributed by atoms with E-state index >= 15 is 0 Å². The average Bonchev–Trinajstić information content (AvgIpc) is 3.35. The molecule has 1 fully saturated rings. The lowest BCUT2D eigenvalue weighted by atomic mass is 10.1. The molecule has 0 saturated carbocycles. The van der Waals surface area contributed by atoms with Crippen molar-refractivity contribution in [3.05, 3.63) is 66.2 Å². The molecule has 1 aliphatic rings. The Morgan fingerprint density at radius 1 is 1.08 bits per heavy atom. The number of hydrogen-bond donors (Lipinski definition) is 1. The second-order valence-corrected chi connectivity index (χ2v) is 6.20. The average molecular weight is 336 g/mol. The van der Waals surface area contributed by atoms with E-state index in [4.69, 9.17) is 4.52 Å². The van der Waals surface area contributed by atoms with E-state index in [0.717, 1.165) is 43.2 Å². The molecule has 0 bridgehead atoms. The second-order valence-electron chi connectivity index (χ2n) is 6.20. The van der Waals surface area contributed by atoms with E-state index in [1.807, 2.05) is 53.4 Å². The first kappa shape index (κ1) is 15.7. The third kappa shape index (κ3) is 3.49. The Morgan fingerprint density at radius 3 is 2.60 bits per heavy atom. The molecule has 1 aromatic carbocycles. The predicted octanol–water partition coefficient (Wildman–Crippen LogP) is 2.63. The number of nitrogens with one attached hydrogen (secondary N) is 1. The third-order valence-electron chi connectivity index (χ3n) is 4.50. The summed E-state index contributed by atoms with van der Waals surface area (Å²) in [6.07, 6.45) is 1.78. The van der Waals surface area contributed by atoms with Crippen LogP contribution in [-0.4, -0.2) is 52.0 Å². The molecule has 1 saturated heterocycles. The van der Waals surface area contributed by atoms with Gasteiger partial charge >= 0.3 is 0 Å². The van der Waals surface area contributed by atoms with E-state index in [1.165, 1.54) is 0 Å². The van der Waals surface area contributed by atoms with Crippen LogP contribution in [-0.2, 0) is 6.54 Å². The monoisotopic (exact) mass is 336 g/mol. The molecule has 3 aromatic rings. The van der Waals surface area contributed by atoms with Gasteiger partial charge in [-0.25, -0.2) is 0 Å². The van der Waals surface area contributed by atoms with Crippen molar-refractivity contribution in [1.29, 1.82) is 0 Å². The van der Waals surface area contributed by atoms with Gasteiger partial charge in [0.25, 0.3) is 5.91 Å². The molecule has 6 heteroatoms. The van der Waals surface area contributed by atoms with E-state index < -0.39 is 0 Å². The highest BCUT2D eigenvalue weighted by molar-refractivity contribution is 5.92. The standard InChI is InChI=1S/C19H20N4O2/c24-19(17-7-4-8-20-17)23-11-9-22(10-12-23)14-16-13-18(21-25-16)15-5-2-1-3-6-15/h1-8,13,20H,9-12,14H2. The van der Waals surface area contributed by atoms with Crippen LogP contribution in [0.5, 0.6) is 0 Å². The molecule has 128 valence electrons. The number of aromatic nitrogens is 2. The van der Waals surface area contributed by atoms with Gasteiger partial charge in [0, 0.05) is 44.0 Å². The van der Waals surface area contributed by atoms with Crippen LogP contribution >= 0.6 is 0 Å². The van der Waals surface area contributed by atoms with Gasteiger partial charge in [0.15, 0.2) is 5.76 Å². The second kappa shape index (κ2) is 6.94. The molecule has 4 rings (SSSR count). The number of carbonyl (C=O) groups excluding carboxylic acids is 1. The summed E-state index contributed by atoms with van der Waals surface area (Å²) in [6, 6.07) is 15.7. The Kier molecular flexibility index (Phi) is 4.35. The van der Waals surface area contributed by atoms with Crippen molar-refractivity contribution < 1.29 is 9.32 Å². The fourth-order valence-electron chi connectivity index (χ4n) is 3.10. The zero-order valence-corrected chi connectivity index (χ0v) is 13.9. The van der Waals surface area contributed by atoms with E-state index in [0.29, 0.717) is 12.2 Å². The van der Waals surface area contributed by atoms with Crippen LogP contribution in [0, 0.1) is 0 Å². The molecular formula is C19H20N4O2. The molecule has 6 nitrogen and oxygen atoms in total. The highest BCUT2D eigenvalue weighted by Gasteiger charge is 2.23. The van der Waals surface area contributed by atoms with Gasteiger partial charge in [-0.05, 0) is 12.1 Å². The maximum Gasteiger partial charge on any atom is 0.270 e. The number of carbonyl (C=O) groups is 1. The minimum Gasteiger partial charge on any atom is -0.359 e. The first-order valence-corrected chi connectivity index (χ1v) is 8.45. The van der Waals surface area contributed by atoms with Crippen molar-refractivity contribution >= 4 is 5.91 Å². The smallest absolute Gasteiger partial charge is 0.270 e. The first-order valence-electron chi connectivity index (χ1n) is 8.45. The number of nitrogens with zero attached hydrogens (tertiary/aromatic N) is 3. The van der Waals surface area contributed by atoms with Gasteiger partial charge in [0.1, 0.15) is 11.4 Å². The lowest BCUT2D eigenvalue weighted by Crippen LogP contribution is -2.48. The summed E-state index contributed by atoms with van der Waals surface area (Å²) in [5.41, 5.74) is 2.56. The van der Waals surface area contributed by atoms with Crippen molar-refractivity contribution in [2.45, 2.75) is 6.54 Å². The van der Waals surface area contributed by atoms with Crippen LogP contribution in [0.1, 0.15) is 16.2 Å². The molecule has 1 amide bonds. The number of hydrogen-bond acceptors (Lipinski definition) is 4. The summed E-state index contributed by atoms with van der Waals surface area (Å²) in [7, 11) is 0. The van der Waals surface area contributed by atoms with Crippen molar-refractivity contribution in [2.24, 2.45) is 0 Å². The molecule has 0 unspecified atom stereocenters. The Labute approximate surface area is 146 Å². The number of benzene rings is 1. The molecule has 2 aromatic heterocycles. The van der Waals surface area contributed by atoms with Gasteiger partial charge in [-0.2, -0.15) is 0 Å². The summed E-state index contributed by atoms with van der Waals surface area (Å²) in [5.74, 6) is 0.915. The zero-order valence-electron chi connectivity index (χ0n) is 13.9. The maximum atomic E-state index is 12.3. The van der Waals surface area contributed by atoms with Gasteiger partial charge in [-0.15, -0.1) is 0 Å². The fourth-order valence-corrected chi connectivity index (χ4v) is 3.10. The molecule has 0 radical (unpaired) electrons. The molecule has 0 spiro atoms. The molecule has 3 heterocycles. The topological polar surface area (TPSA) is 65.4 Å². The van der Waals surface area contributed by atoms with Gasteiger partial charge in [-0.1, -0.05) is 35.5 Å². The van der Waals surface area contributed by atoms with E-state index in [9.17, 15) is 4.79 Å². The number of rotatable bonds is 4. The lowest BCUT2D eigenvalue weighted by Gasteiger charge is -2.33. The summed E-state index contributed by atoms with van der Waals surface area (Å²) < 4.78 is 5.48. The Balaban J connectivity index is 1.33. The highest BCUT2D eigenvalue weighted by Crippen LogP contribution is 2.20. The van der Waals surface area contributed by atoms with Crippen molar-refractivity contribution in [3.8, 4) is 11.3 Å². The Morgan fingerprint density at radius 2 is 1.88 bits per heavy atom. The van der Waals surface area contributed by atoms with Gasteiger partial charge in [0.05, 0.1) is 6.54 Å². The highest BCUT2D eigenvalue weighted by atomic mass is 16.5. The third-order valence-corrected chi connectivity index (χ3v) is 4.50. The first-order chi connectivity index (χ1) is 12.3. The maximum absolute atomic E-state index is 12.3. The van der Waals surface area contributed by atoms with Gasteiger partial charge in [-0.3, -0.25) is 9.69 Å². The van der Waals surface area contributed by atoms with Crippen LogP contribution in [0.2, 0.25) is 0 Å². The Hall–Kier alpha value is -2.86. The molecule has 1 aliphatic heterocycles. The molecular weight excluding hydrogens is 316 g/mol. The van der Waals surface area contributed by atoms with E-state index in [1.54, 1.807) is 6.20 Å². The number of H-pyrrole nitrogens is 1. The molecule has 0 atom stereocenters. The molecule has 1 N–H and O–H groups in total. The van der Waals surface area contributed by atoms with E-state index in [2.05, 4.69) is 15.0 Å². The van der Waals surface area contributed by atoms with Gasteiger partial charge in [0.2, 0.25) is 0 Å².